The summed E-state index contributed by atoms with van der Waals surface area (Å²) in [5.74, 6) is 1.17. The van der Waals surface area contributed by atoms with Crippen molar-refractivity contribution in [2.45, 2.75) is 24.8 Å². The Morgan fingerprint density at radius 2 is 1.88 bits per heavy atom. The lowest BCUT2D eigenvalue weighted by atomic mass is 9.86. The standard InChI is InChI=1S/C21H31N3O2/c1-22-14-12-21(11-10-20(22)25)17-24(16-15-23(21)2)13-4-5-18-6-8-19(26-3)9-7-18/h4-9H,10-17H2,1-3H3/b5-4+. The van der Waals surface area contributed by atoms with Crippen LogP contribution in [0.4, 0.5) is 0 Å². The van der Waals surface area contributed by atoms with Gasteiger partial charge in [-0.2, -0.15) is 0 Å². The maximum Gasteiger partial charge on any atom is 0.222 e. The molecule has 1 aromatic rings. The molecule has 5 heteroatoms. The van der Waals surface area contributed by atoms with Crippen LogP contribution in [0.25, 0.3) is 6.08 Å². The minimum absolute atomic E-state index is 0.132. The van der Waals surface area contributed by atoms with Crippen LogP contribution in [0, 0.1) is 0 Å². The summed E-state index contributed by atoms with van der Waals surface area (Å²) < 4.78 is 5.20. The molecular weight excluding hydrogens is 326 g/mol. The molecule has 2 aliphatic rings. The number of likely N-dealkylation sites (tertiary alicyclic amines) is 1. The van der Waals surface area contributed by atoms with E-state index < -0.39 is 0 Å². The van der Waals surface area contributed by atoms with E-state index in [0.717, 1.165) is 51.3 Å². The molecule has 0 bridgehead atoms. The first-order valence-electron chi connectivity index (χ1n) is 9.51. The van der Waals surface area contributed by atoms with Gasteiger partial charge in [-0.25, -0.2) is 0 Å². The van der Waals surface area contributed by atoms with Crippen molar-refractivity contribution in [3.63, 3.8) is 0 Å². The molecule has 1 atom stereocenters. The first-order valence-corrected chi connectivity index (χ1v) is 9.51. The minimum Gasteiger partial charge on any atom is -0.497 e. The fourth-order valence-corrected chi connectivity index (χ4v) is 4.05. The highest BCUT2D eigenvalue weighted by Crippen LogP contribution is 2.31. The molecule has 1 aromatic carbocycles. The van der Waals surface area contributed by atoms with E-state index in [9.17, 15) is 4.79 Å². The van der Waals surface area contributed by atoms with E-state index in [2.05, 4.69) is 41.1 Å². The van der Waals surface area contributed by atoms with Gasteiger partial charge >= 0.3 is 0 Å². The number of hydrogen-bond acceptors (Lipinski definition) is 4. The number of amides is 1. The Bertz CT molecular complexity index is 643. The molecule has 142 valence electrons. The first-order chi connectivity index (χ1) is 12.5. The number of piperazine rings is 1. The molecule has 2 heterocycles. The number of carbonyl (C=O) groups excluding carboxylic acids is 1. The Labute approximate surface area is 157 Å². The Kier molecular flexibility index (Phi) is 5.99. The summed E-state index contributed by atoms with van der Waals surface area (Å²) in [5.41, 5.74) is 1.32. The van der Waals surface area contributed by atoms with Gasteiger partial charge in [0.05, 0.1) is 7.11 Å². The lowest BCUT2D eigenvalue weighted by molar-refractivity contribution is -0.129. The molecule has 2 aliphatic heterocycles. The molecule has 1 unspecified atom stereocenters. The number of carbonyl (C=O) groups is 1. The summed E-state index contributed by atoms with van der Waals surface area (Å²) in [6.07, 6.45) is 7.11. The van der Waals surface area contributed by atoms with Gasteiger partial charge < -0.3 is 9.64 Å². The quantitative estimate of drug-likeness (QED) is 0.829. The van der Waals surface area contributed by atoms with Crippen LogP contribution >= 0.6 is 0 Å². The Balaban J connectivity index is 1.60. The second kappa shape index (κ2) is 8.23. The van der Waals surface area contributed by atoms with Crippen molar-refractivity contribution in [3.8, 4) is 5.75 Å². The predicted octanol–water partition coefficient (Wildman–Crippen LogP) is 2.34. The summed E-state index contributed by atoms with van der Waals surface area (Å²) in [6, 6.07) is 8.13. The Morgan fingerprint density at radius 1 is 1.12 bits per heavy atom. The number of benzene rings is 1. The van der Waals surface area contributed by atoms with Crippen LogP contribution < -0.4 is 4.74 Å². The largest absolute Gasteiger partial charge is 0.497 e. The summed E-state index contributed by atoms with van der Waals surface area (Å²) in [6.45, 7) is 4.99. The van der Waals surface area contributed by atoms with E-state index >= 15 is 0 Å². The van der Waals surface area contributed by atoms with Crippen LogP contribution in [0.1, 0.15) is 24.8 Å². The zero-order valence-corrected chi connectivity index (χ0v) is 16.3. The highest BCUT2D eigenvalue weighted by atomic mass is 16.5. The van der Waals surface area contributed by atoms with E-state index in [0.29, 0.717) is 6.42 Å². The normalized spacial score (nSPS) is 25.8. The van der Waals surface area contributed by atoms with Gasteiger partial charge in [-0.3, -0.25) is 14.6 Å². The second-order valence-corrected chi connectivity index (χ2v) is 7.62. The van der Waals surface area contributed by atoms with Crippen molar-refractivity contribution in [2.75, 3.05) is 53.9 Å². The third kappa shape index (κ3) is 4.27. The highest BCUT2D eigenvalue weighted by Gasteiger charge is 2.41. The number of ether oxygens (including phenoxy) is 1. The SMILES string of the molecule is COc1ccc(/C=C/CN2CCN(C)C3(CCC(=O)N(C)CC3)C2)cc1. The predicted molar refractivity (Wildman–Crippen MR) is 105 cm³/mol. The molecule has 0 aromatic heterocycles. The summed E-state index contributed by atoms with van der Waals surface area (Å²) in [7, 11) is 5.84. The third-order valence-electron chi connectivity index (χ3n) is 6.01. The average Bonchev–Trinajstić information content (AvgIpc) is 2.80. The van der Waals surface area contributed by atoms with Gasteiger partial charge in [-0.1, -0.05) is 24.3 Å². The number of hydrogen-bond donors (Lipinski definition) is 0. The maximum atomic E-state index is 12.1. The topological polar surface area (TPSA) is 36.0 Å². The average molecular weight is 357 g/mol. The zero-order valence-electron chi connectivity index (χ0n) is 16.3. The first kappa shape index (κ1) is 18.9. The lowest BCUT2D eigenvalue weighted by Gasteiger charge is -2.49. The van der Waals surface area contributed by atoms with Crippen molar-refractivity contribution in [3.05, 3.63) is 35.9 Å². The van der Waals surface area contributed by atoms with Crippen LogP contribution in [0.15, 0.2) is 30.3 Å². The molecule has 0 radical (unpaired) electrons. The van der Waals surface area contributed by atoms with Crippen LogP contribution in [0.5, 0.6) is 5.75 Å². The molecule has 1 spiro atoms. The van der Waals surface area contributed by atoms with Crippen LogP contribution in [-0.2, 0) is 4.79 Å². The number of nitrogens with zero attached hydrogens (tertiary/aromatic N) is 3. The fraction of sp³-hybridized carbons (Fsp3) is 0.571. The monoisotopic (exact) mass is 357 g/mol. The summed E-state index contributed by atoms with van der Waals surface area (Å²) in [5, 5.41) is 0. The molecule has 0 aliphatic carbocycles. The number of likely N-dealkylation sites (N-methyl/N-ethyl adjacent to an activating group) is 1. The van der Waals surface area contributed by atoms with Crippen LogP contribution in [0.2, 0.25) is 0 Å². The molecule has 1 amide bonds. The molecule has 2 saturated heterocycles. The molecule has 0 N–H and O–H groups in total. The van der Waals surface area contributed by atoms with Crippen LogP contribution in [0.3, 0.4) is 0 Å². The summed E-state index contributed by atoms with van der Waals surface area (Å²) >= 11 is 0. The zero-order chi connectivity index (χ0) is 18.6. The van der Waals surface area contributed by atoms with Gasteiger partial charge in [-0.05, 0) is 37.6 Å². The lowest BCUT2D eigenvalue weighted by Crippen LogP contribution is -2.61. The van der Waals surface area contributed by atoms with E-state index in [4.69, 9.17) is 4.74 Å². The van der Waals surface area contributed by atoms with Crippen molar-refractivity contribution in [1.29, 1.82) is 0 Å². The van der Waals surface area contributed by atoms with E-state index in [1.807, 2.05) is 24.1 Å². The maximum absolute atomic E-state index is 12.1. The Morgan fingerprint density at radius 3 is 2.62 bits per heavy atom. The van der Waals surface area contributed by atoms with Crippen molar-refractivity contribution >= 4 is 12.0 Å². The van der Waals surface area contributed by atoms with Gasteiger partial charge in [0.1, 0.15) is 5.75 Å². The summed E-state index contributed by atoms with van der Waals surface area (Å²) in [4.78, 5) is 19.0. The van der Waals surface area contributed by atoms with Gasteiger partial charge in [-0.15, -0.1) is 0 Å². The molecule has 26 heavy (non-hydrogen) atoms. The number of rotatable bonds is 4. The second-order valence-electron chi connectivity index (χ2n) is 7.62. The van der Waals surface area contributed by atoms with E-state index in [-0.39, 0.29) is 11.4 Å². The van der Waals surface area contributed by atoms with Gasteiger partial charge in [0, 0.05) is 51.7 Å². The smallest absolute Gasteiger partial charge is 0.222 e. The van der Waals surface area contributed by atoms with Crippen LogP contribution in [-0.4, -0.2) is 80.1 Å². The minimum atomic E-state index is 0.132. The van der Waals surface area contributed by atoms with E-state index in [1.54, 1.807) is 7.11 Å². The van der Waals surface area contributed by atoms with Crippen molar-refractivity contribution < 1.29 is 9.53 Å². The van der Waals surface area contributed by atoms with Crippen molar-refractivity contribution in [1.82, 2.24) is 14.7 Å². The van der Waals surface area contributed by atoms with Gasteiger partial charge in [0.25, 0.3) is 0 Å². The molecular formula is C21H31N3O2. The highest BCUT2D eigenvalue weighted by molar-refractivity contribution is 5.76. The van der Waals surface area contributed by atoms with E-state index in [1.165, 1.54) is 5.56 Å². The molecule has 5 nitrogen and oxygen atoms in total. The number of methoxy groups -OCH3 is 1. The molecule has 2 fully saturated rings. The fourth-order valence-electron chi connectivity index (χ4n) is 4.05. The van der Waals surface area contributed by atoms with Crippen molar-refractivity contribution in [2.24, 2.45) is 0 Å². The third-order valence-corrected chi connectivity index (χ3v) is 6.01. The molecule has 0 saturated carbocycles. The van der Waals surface area contributed by atoms with Gasteiger partial charge in [0.15, 0.2) is 0 Å². The molecule has 3 rings (SSSR count). The van der Waals surface area contributed by atoms with Gasteiger partial charge in [0.2, 0.25) is 5.91 Å². The Hall–Kier alpha value is -1.85.